The molecule has 2 fully saturated rings. The van der Waals surface area contributed by atoms with Gasteiger partial charge in [0, 0.05) is 38.3 Å². The zero-order valence-corrected chi connectivity index (χ0v) is 16.3. The summed E-state index contributed by atoms with van der Waals surface area (Å²) in [5.74, 6) is 0.727. The average Bonchev–Trinajstić information content (AvgIpc) is 3.03. The van der Waals surface area contributed by atoms with Gasteiger partial charge in [0.15, 0.2) is 0 Å². The van der Waals surface area contributed by atoms with E-state index in [0.29, 0.717) is 52.4 Å². The van der Waals surface area contributed by atoms with Gasteiger partial charge in [0.2, 0.25) is 11.8 Å². The number of aryl methyl sites for hydroxylation is 2. The molecule has 2 atom stereocenters. The molecule has 0 spiro atoms. The van der Waals surface area contributed by atoms with Gasteiger partial charge in [-0.3, -0.25) is 9.59 Å². The number of nitrogens with one attached hydrogen (secondary N) is 2. The Balaban J connectivity index is 1.42. The van der Waals surface area contributed by atoms with Crippen LogP contribution in [0.4, 0.5) is 0 Å². The molecule has 0 radical (unpaired) electrons. The van der Waals surface area contributed by atoms with Gasteiger partial charge < -0.3 is 24.8 Å². The molecule has 1 aromatic heterocycles. The number of ether oxygens (including phenoxy) is 1. The van der Waals surface area contributed by atoms with E-state index in [0.717, 1.165) is 29.9 Å². The number of rotatable bonds is 6. The van der Waals surface area contributed by atoms with Crippen molar-refractivity contribution in [2.75, 3.05) is 45.9 Å². The number of amides is 2. The predicted octanol–water partition coefficient (Wildman–Crippen LogP) is 0.425. The monoisotopic (exact) mass is 378 g/mol. The zero-order chi connectivity index (χ0) is 19.2. The lowest BCUT2D eigenvalue weighted by atomic mass is 9.88. The summed E-state index contributed by atoms with van der Waals surface area (Å²) in [6, 6.07) is 0. The second kappa shape index (κ2) is 9.32. The van der Waals surface area contributed by atoms with Gasteiger partial charge >= 0.3 is 0 Å². The highest BCUT2D eigenvalue weighted by atomic mass is 16.5. The van der Waals surface area contributed by atoms with Gasteiger partial charge in [0.05, 0.1) is 30.7 Å². The fraction of sp³-hybridized carbons (Fsp3) is 0.737. The van der Waals surface area contributed by atoms with Crippen molar-refractivity contribution in [3.63, 3.8) is 0 Å². The minimum Gasteiger partial charge on any atom is -0.378 e. The first-order valence-corrected chi connectivity index (χ1v) is 9.83. The fourth-order valence-corrected chi connectivity index (χ4v) is 3.85. The molecule has 0 bridgehead atoms. The van der Waals surface area contributed by atoms with Gasteiger partial charge in [-0.15, -0.1) is 0 Å². The Bertz CT molecular complexity index is 635. The van der Waals surface area contributed by atoms with E-state index in [4.69, 9.17) is 9.26 Å². The number of carbonyl (C=O) groups is 2. The molecule has 8 nitrogen and oxygen atoms in total. The van der Waals surface area contributed by atoms with Crippen LogP contribution in [0.3, 0.4) is 0 Å². The first kappa shape index (κ1) is 19.8. The molecule has 0 aliphatic carbocycles. The summed E-state index contributed by atoms with van der Waals surface area (Å²) < 4.78 is 10.5. The van der Waals surface area contributed by atoms with Crippen molar-refractivity contribution in [2.45, 2.75) is 33.1 Å². The van der Waals surface area contributed by atoms with Gasteiger partial charge in [-0.05, 0) is 33.1 Å². The van der Waals surface area contributed by atoms with Crippen molar-refractivity contribution in [1.29, 1.82) is 0 Å². The fourth-order valence-electron chi connectivity index (χ4n) is 3.85. The van der Waals surface area contributed by atoms with Crippen LogP contribution in [0.5, 0.6) is 0 Å². The van der Waals surface area contributed by atoms with Gasteiger partial charge in [0.1, 0.15) is 5.76 Å². The summed E-state index contributed by atoms with van der Waals surface area (Å²) in [5.41, 5.74) is 2.04. The van der Waals surface area contributed by atoms with Crippen molar-refractivity contribution < 1.29 is 18.8 Å². The van der Waals surface area contributed by atoms with Crippen molar-refractivity contribution in [3.8, 4) is 0 Å². The molecule has 2 amide bonds. The van der Waals surface area contributed by atoms with Crippen molar-refractivity contribution in [3.05, 3.63) is 17.0 Å². The maximum absolute atomic E-state index is 12.7. The third-order valence-electron chi connectivity index (χ3n) is 5.48. The summed E-state index contributed by atoms with van der Waals surface area (Å²) in [6.07, 6.45) is 2.28. The molecule has 3 heterocycles. The van der Waals surface area contributed by atoms with Gasteiger partial charge in [-0.2, -0.15) is 0 Å². The molecule has 0 aromatic carbocycles. The van der Waals surface area contributed by atoms with Crippen LogP contribution in [0.1, 0.15) is 29.9 Å². The van der Waals surface area contributed by atoms with Crippen LogP contribution in [-0.2, 0) is 20.7 Å². The van der Waals surface area contributed by atoms with Crippen molar-refractivity contribution in [2.24, 2.45) is 11.8 Å². The lowest BCUT2D eigenvalue weighted by Gasteiger charge is -2.34. The number of morpholine rings is 1. The molecule has 27 heavy (non-hydrogen) atoms. The van der Waals surface area contributed by atoms with E-state index in [2.05, 4.69) is 15.8 Å². The molecular weight excluding hydrogens is 348 g/mol. The highest BCUT2D eigenvalue weighted by molar-refractivity contribution is 5.83. The van der Waals surface area contributed by atoms with E-state index in [1.165, 1.54) is 0 Å². The topological polar surface area (TPSA) is 96.7 Å². The molecule has 2 saturated heterocycles. The van der Waals surface area contributed by atoms with Gasteiger partial charge in [-0.25, -0.2) is 0 Å². The van der Waals surface area contributed by atoms with Crippen LogP contribution >= 0.6 is 0 Å². The standard InChI is InChI=1S/C19H30N4O4/c1-13-17(14(2)27-22-13)4-3-5-21-18(24)15-10-16(12-20-11-15)19(25)23-6-8-26-9-7-23/h15-16,20H,3-12H2,1-2H3,(H,21,24). The summed E-state index contributed by atoms with van der Waals surface area (Å²) in [7, 11) is 0. The van der Waals surface area contributed by atoms with Crippen LogP contribution < -0.4 is 10.6 Å². The van der Waals surface area contributed by atoms with Gasteiger partial charge in [0.25, 0.3) is 0 Å². The van der Waals surface area contributed by atoms with E-state index in [1.54, 1.807) is 0 Å². The molecule has 150 valence electrons. The largest absolute Gasteiger partial charge is 0.378 e. The van der Waals surface area contributed by atoms with E-state index >= 15 is 0 Å². The van der Waals surface area contributed by atoms with Crippen molar-refractivity contribution >= 4 is 11.8 Å². The zero-order valence-electron chi connectivity index (χ0n) is 16.3. The van der Waals surface area contributed by atoms with E-state index in [1.807, 2.05) is 18.7 Å². The Morgan fingerprint density at radius 2 is 1.96 bits per heavy atom. The molecule has 2 aliphatic heterocycles. The highest BCUT2D eigenvalue weighted by Gasteiger charge is 2.33. The van der Waals surface area contributed by atoms with E-state index < -0.39 is 0 Å². The third kappa shape index (κ3) is 5.07. The highest BCUT2D eigenvalue weighted by Crippen LogP contribution is 2.20. The Labute approximate surface area is 160 Å². The summed E-state index contributed by atoms with van der Waals surface area (Å²) in [6.45, 7) is 8.22. The van der Waals surface area contributed by atoms with Crippen LogP contribution in [0.25, 0.3) is 0 Å². The smallest absolute Gasteiger partial charge is 0.227 e. The molecule has 0 saturated carbocycles. The number of hydrogen-bond donors (Lipinski definition) is 2. The molecule has 2 N–H and O–H groups in total. The number of carbonyl (C=O) groups excluding carboxylic acids is 2. The lowest BCUT2D eigenvalue weighted by Crippen LogP contribution is -2.51. The Morgan fingerprint density at radius 1 is 1.22 bits per heavy atom. The quantitative estimate of drug-likeness (QED) is 0.697. The summed E-state index contributed by atoms with van der Waals surface area (Å²) in [5, 5.41) is 10.2. The maximum Gasteiger partial charge on any atom is 0.227 e. The number of nitrogens with zero attached hydrogens (tertiary/aromatic N) is 2. The minimum absolute atomic E-state index is 0.0285. The normalized spacial score (nSPS) is 23.3. The van der Waals surface area contributed by atoms with Crippen LogP contribution in [0.15, 0.2) is 4.52 Å². The van der Waals surface area contributed by atoms with Gasteiger partial charge in [-0.1, -0.05) is 5.16 Å². The Hall–Kier alpha value is -1.93. The predicted molar refractivity (Wildman–Crippen MR) is 99.2 cm³/mol. The Kier molecular flexibility index (Phi) is 6.84. The third-order valence-corrected chi connectivity index (χ3v) is 5.48. The molecule has 2 unspecified atom stereocenters. The molecular formula is C19H30N4O4. The number of aromatic nitrogens is 1. The molecule has 2 aliphatic rings. The van der Waals surface area contributed by atoms with Crippen LogP contribution in [-0.4, -0.2) is 67.8 Å². The molecule has 3 rings (SSSR count). The first-order valence-electron chi connectivity index (χ1n) is 9.83. The number of piperidine rings is 1. The van der Waals surface area contributed by atoms with Crippen molar-refractivity contribution in [1.82, 2.24) is 20.7 Å². The molecule has 1 aromatic rings. The SMILES string of the molecule is Cc1noc(C)c1CCCNC(=O)C1CNCC(C(=O)N2CCOCC2)C1. The average molecular weight is 378 g/mol. The summed E-state index contributed by atoms with van der Waals surface area (Å²) in [4.78, 5) is 27.0. The van der Waals surface area contributed by atoms with Crippen LogP contribution in [0.2, 0.25) is 0 Å². The van der Waals surface area contributed by atoms with E-state index in [9.17, 15) is 9.59 Å². The second-order valence-corrected chi connectivity index (χ2v) is 7.42. The Morgan fingerprint density at radius 3 is 2.67 bits per heavy atom. The minimum atomic E-state index is -0.159. The number of hydrogen-bond acceptors (Lipinski definition) is 6. The van der Waals surface area contributed by atoms with E-state index in [-0.39, 0.29) is 23.7 Å². The second-order valence-electron chi connectivity index (χ2n) is 7.42. The first-order chi connectivity index (χ1) is 13.1. The molecule has 8 heteroatoms. The van der Waals surface area contributed by atoms with Crippen LogP contribution in [0, 0.1) is 25.7 Å². The maximum atomic E-state index is 12.7. The summed E-state index contributed by atoms with van der Waals surface area (Å²) >= 11 is 0. The lowest BCUT2D eigenvalue weighted by molar-refractivity contribution is -0.141.